The molecule has 0 bridgehead atoms. The Balaban J connectivity index is 2.15. The number of hydrogen-bond donors (Lipinski definition) is 2. The van der Waals surface area contributed by atoms with Gasteiger partial charge in [0.05, 0.1) is 4.90 Å². The topological polar surface area (TPSA) is 72.2 Å². The van der Waals surface area contributed by atoms with Gasteiger partial charge in [-0.25, -0.2) is 13.1 Å². The van der Waals surface area contributed by atoms with Crippen LogP contribution in [0.3, 0.4) is 0 Å². The van der Waals surface area contributed by atoms with Crippen LogP contribution in [0.5, 0.6) is 0 Å². The first kappa shape index (κ1) is 14.5. The van der Waals surface area contributed by atoms with E-state index in [1.54, 1.807) is 24.3 Å². The first-order valence-corrected chi connectivity index (χ1v) is 8.17. The SMILES string of the molecule is CC(C)C1(CNS(=O)(=O)c2ccccc2CN)CC1. The lowest BCUT2D eigenvalue weighted by molar-refractivity contribution is 0.357. The van der Waals surface area contributed by atoms with Gasteiger partial charge in [-0.2, -0.15) is 0 Å². The Morgan fingerprint density at radius 3 is 2.47 bits per heavy atom. The predicted molar refractivity (Wildman–Crippen MR) is 76.0 cm³/mol. The van der Waals surface area contributed by atoms with E-state index in [0.717, 1.165) is 12.8 Å². The average molecular weight is 282 g/mol. The molecule has 1 aliphatic carbocycles. The van der Waals surface area contributed by atoms with Gasteiger partial charge in [-0.15, -0.1) is 0 Å². The minimum atomic E-state index is -3.46. The maximum Gasteiger partial charge on any atom is 0.240 e. The van der Waals surface area contributed by atoms with Gasteiger partial charge < -0.3 is 5.73 Å². The summed E-state index contributed by atoms with van der Waals surface area (Å²) in [5, 5.41) is 0. The molecule has 19 heavy (non-hydrogen) atoms. The van der Waals surface area contributed by atoms with Crippen molar-refractivity contribution in [3.8, 4) is 0 Å². The molecule has 0 aliphatic heterocycles. The van der Waals surface area contributed by atoms with Crippen LogP contribution >= 0.6 is 0 Å². The summed E-state index contributed by atoms with van der Waals surface area (Å²) >= 11 is 0. The van der Waals surface area contributed by atoms with Gasteiger partial charge in [0, 0.05) is 13.1 Å². The van der Waals surface area contributed by atoms with Gasteiger partial charge >= 0.3 is 0 Å². The van der Waals surface area contributed by atoms with Gasteiger partial charge in [-0.3, -0.25) is 0 Å². The van der Waals surface area contributed by atoms with E-state index < -0.39 is 10.0 Å². The molecule has 2 rings (SSSR count). The molecular formula is C14H22N2O2S. The van der Waals surface area contributed by atoms with Crippen molar-refractivity contribution in [1.29, 1.82) is 0 Å². The third-order valence-corrected chi connectivity index (χ3v) is 5.71. The van der Waals surface area contributed by atoms with Crippen molar-refractivity contribution in [3.63, 3.8) is 0 Å². The Bertz CT molecular complexity index is 548. The molecule has 0 heterocycles. The van der Waals surface area contributed by atoms with Crippen molar-refractivity contribution >= 4 is 10.0 Å². The zero-order chi connectivity index (χ0) is 14.1. The summed E-state index contributed by atoms with van der Waals surface area (Å²) in [5.74, 6) is 0.500. The van der Waals surface area contributed by atoms with Gasteiger partial charge in [-0.05, 0) is 35.8 Å². The highest BCUT2D eigenvalue weighted by Gasteiger charge is 2.45. The smallest absolute Gasteiger partial charge is 0.240 e. The quantitative estimate of drug-likeness (QED) is 0.836. The van der Waals surface area contributed by atoms with Gasteiger partial charge in [0.25, 0.3) is 0 Å². The van der Waals surface area contributed by atoms with Crippen molar-refractivity contribution in [2.24, 2.45) is 17.1 Å². The fraction of sp³-hybridized carbons (Fsp3) is 0.571. The Hall–Kier alpha value is -0.910. The Morgan fingerprint density at radius 1 is 1.32 bits per heavy atom. The van der Waals surface area contributed by atoms with E-state index in [4.69, 9.17) is 5.73 Å². The van der Waals surface area contributed by atoms with Crippen molar-refractivity contribution < 1.29 is 8.42 Å². The van der Waals surface area contributed by atoms with E-state index in [2.05, 4.69) is 18.6 Å². The minimum absolute atomic E-state index is 0.157. The van der Waals surface area contributed by atoms with Crippen molar-refractivity contribution in [2.75, 3.05) is 6.54 Å². The summed E-state index contributed by atoms with van der Waals surface area (Å²) in [7, 11) is -3.46. The van der Waals surface area contributed by atoms with Crippen LogP contribution in [0.1, 0.15) is 32.3 Å². The summed E-state index contributed by atoms with van der Waals surface area (Å²) in [6.07, 6.45) is 2.21. The standard InChI is InChI=1S/C14H22N2O2S/c1-11(2)14(7-8-14)10-16-19(17,18)13-6-4-3-5-12(13)9-15/h3-6,11,16H,7-10,15H2,1-2H3. The average Bonchev–Trinajstić information content (AvgIpc) is 3.18. The molecule has 0 radical (unpaired) electrons. The van der Waals surface area contributed by atoms with E-state index in [9.17, 15) is 8.42 Å². The number of rotatable bonds is 6. The predicted octanol–water partition coefficient (Wildman–Crippen LogP) is 1.86. The molecule has 0 saturated heterocycles. The molecule has 5 heteroatoms. The van der Waals surface area contributed by atoms with Gasteiger partial charge in [0.2, 0.25) is 10.0 Å². The highest BCUT2D eigenvalue weighted by Crippen LogP contribution is 2.51. The molecule has 0 amide bonds. The maximum atomic E-state index is 12.3. The Morgan fingerprint density at radius 2 is 1.95 bits per heavy atom. The zero-order valence-electron chi connectivity index (χ0n) is 11.5. The van der Waals surface area contributed by atoms with E-state index in [1.165, 1.54) is 0 Å². The summed E-state index contributed by atoms with van der Waals surface area (Å²) in [5.41, 5.74) is 6.41. The fourth-order valence-electron chi connectivity index (χ4n) is 2.37. The largest absolute Gasteiger partial charge is 0.326 e. The second-order valence-electron chi connectivity index (χ2n) is 5.65. The van der Waals surface area contributed by atoms with Crippen LogP contribution in [0.4, 0.5) is 0 Å². The highest BCUT2D eigenvalue weighted by atomic mass is 32.2. The number of nitrogens with one attached hydrogen (secondary N) is 1. The molecule has 0 unspecified atom stereocenters. The van der Waals surface area contributed by atoms with E-state index in [-0.39, 0.29) is 12.0 Å². The molecule has 1 fully saturated rings. The Kier molecular flexibility index (Phi) is 3.99. The molecule has 0 atom stereocenters. The molecule has 0 aromatic heterocycles. The summed E-state index contributed by atoms with van der Waals surface area (Å²) in [6.45, 7) is 5.04. The Labute approximate surface area is 115 Å². The second-order valence-corrected chi connectivity index (χ2v) is 7.39. The summed E-state index contributed by atoms with van der Waals surface area (Å²) in [4.78, 5) is 0.303. The molecule has 1 aromatic rings. The van der Waals surface area contributed by atoms with Crippen LogP contribution in [-0.4, -0.2) is 15.0 Å². The normalized spacial score (nSPS) is 17.7. The number of nitrogens with two attached hydrogens (primary N) is 1. The lowest BCUT2D eigenvalue weighted by Gasteiger charge is -2.20. The van der Waals surface area contributed by atoms with Gasteiger partial charge in [0.1, 0.15) is 0 Å². The summed E-state index contributed by atoms with van der Waals surface area (Å²) in [6, 6.07) is 6.89. The molecule has 3 N–H and O–H groups in total. The number of benzene rings is 1. The van der Waals surface area contributed by atoms with Crippen molar-refractivity contribution in [1.82, 2.24) is 4.72 Å². The summed E-state index contributed by atoms with van der Waals surface area (Å²) < 4.78 is 27.4. The van der Waals surface area contributed by atoms with Crippen LogP contribution in [0.25, 0.3) is 0 Å². The first-order valence-electron chi connectivity index (χ1n) is 6.69. The van der Waals surface area contributed by atoms with Crippen molar-refractivity contribution in [2.45, 2.75) is 38.1 Å². The van der Waals surface area contributed by atoms with E-state index in [0.29, 0.717) is 22.9 Å². The van der Waals surface area contributed by atoms with Crippen LogP contribution in [0, 0.1) is 11.3 Å². The fourth-order valence-corrected chi connectivity index (χ4v) is 3.76. The van der Waals surface area contributed by atoms with Crippen LogP contribution < -0.4 is 10.5 Å². The van der Waals surface area contributed by atoms with Gasteiger partial charge in [0.15, 0.2) is 0 Å². The van der Waals surface area contributed by atoms with E-state index >= 15 is 0 Å². The monoisotopic (exact) mass is 282 g/mol. The third kappa shape index (κ3) is 2.99. The molecule has 1 aliphatic rings. The third-order valence-electron chi connectivity index (χ3n) is 4.21. The van der Waals surface area contributed by atoms with Crippen LogP contribution in [0.2, 0.25) is 0 Å². The van der Waals surface area contributed by atoms with Crippen molar-refractivity contribution in [3.05, 3.63) is 29.8 Å². The van der Waals surface area contributed by atoms with Crippen LogP contribution in [-0.2, 0) is 16.6 Å². The lowest BCUT2D eigenvalue weighted by atomic mass is 9.93. The maximum absolute atomic E-state index is 12.3. The minimum Gasteiger partial charge on any atom is -0.326 e. The second kappa shape index (κ2) is 5.23. The number of hydrogen-bond acceptors (Lipinski definition) is 3. The molecule has 1 aromatic carbocycles. The number of sulfonamides is 1. The van der Waals surface area contributed by atoms with E-state index in [1.807, 2.05) is 0 Å². The molecule has 1 saturated carbocycles. The van der Waals surface area contributed by atoms with Crippen LogP contribution in [0.15, 0.2) is 29.2 Å². The highest BCUT2D eigenvalue weighted by molar-refractivity contribution is 7.89. The van der Waals surface area contributed by atoms with Gasteiger partial charge in [-0.1, -0.05) is 32.0 Å². The lowest BCUT2D eigenvalue weighted by Crippen LogP contribution is -2.33. The molecule has 106 valence electrons. The molecule has 0 spiro atoms. The zero-order valence-corrected chi connectivity index (χ0v) is 12.3. The first-order chi connectivity index (χ1) is 8.91. The molecular weight excluding hydrogens is 260 g/mol. The molecule has 4 nitrogen and oxygen atoms in total.